The summed E-state index contributed by atoms with van der Waals surface area (Å²) >= 11 is 13.6. The van der Waals surface area contributed by atoms with Gasteiger partial charge in [-0.25, -0.2) is 0 Å². The molecule has 0 aliphatic rings. The Bertz CT molecular complexity index is 1610. The number of halogens is 2. The van der Waals surface area contributed by atoms with Crippen LogP contribution in [-0.4, -0.2) is 25.9 Å². The third-order valence-corrected chi connectivity index (χ3v) is 8.10. The summed E-state index contributed by atoms with van der Waals surface area (Å²) in [7, 11) is -9.22. The first kappa shape index (κ1) is 33.4. The third kappa shape index (κ3) is 10.0. The lowest BCUT2D eigenvalue weighted by Crippen LogP contribution is -2.08. The van der Waals surface area contributed by atoms with Crippen molar-refractivity contribution >= 4 is 55.2 Å². The molecule has 3 rings (SSSR count). The Labute approximate surface area is 248 Å². The molecule has 13 heteroatoms. The maximum atomic E-state index is 12.1. The minimum absolute atomic E-state index is 0.0216. The normalized spacial score (nSPS) is 12.5. The molecule has 0 radical (unpaired) electrons. The van der Waals surface area contributed by atoms with Crippen LogP contribution in [0.2, 0.25) is 10.0 Å². The molecule has 0 saturated heterocycles. The van der Waals surface area contributed by atoms with Gasteiger partial charge in [-0.15, -0.1) is 0 Å². The Kier molecular flexibility index (Phi) is 12.3. The van der Waals surface area contributed by atoms with Crippen molar-refractivity contribution in [3.63, 3.8) is 0 Å². The van der Waals surface area contributed by atoms with Crippen molar-refractivity contribution in [2.24, 2.45) is 0 Å². The topological polar surface area (TPSA) is 127 Å². The number of allylic oxidation sites excluding steroid dienone is 3. The van der Waals surface area contributed by atoms with Gasteiger partial charge in [-0.2, -0.15) is 16.8 Å². The molecule has 3 aromatic rings. The second-order valence-electron chi connectivity index (χ2n) is 7.46. The predicted molar refractivity (Wildman–Crippen MR) is 158 cm³/mol. The molecule has 0 amide bonds. The van der Waals surface area contributed by atoms with E-state index in [1.807, 2.05) is 13.8 Å². The highest BCUT2D eigenvalue weighted by molar-refractivity contribution is 7.99. The van der Waals surface area contributed by atoms with Gasteiger partial charge in [0, 0.05) is 20.9 Å². The third-order valence-electron chi connectivity index (χ3n) is 4.61. The van der Waals surface area contributed by atoms with E-state index in [1.165, 1.54) is 30.8 Å². The van der Waals surface area contributed by atoms with Gasteiger partial charge in [0.1, 0.15) is 27.9 Å². The molecule has 0 spiro atoms. The van der Waals surface area contributed by atoms with Gasteiger partial charge in [0.25, 0.3) is 20.2 Å². The van der Waals surface area contributed by atoms with Crippen LogP contribution >= 0.6 is 35.0 Å². The lowest BCUT2D eigenvalue weighted by molar-refractivity contribution is 0.421. The van der Waals surface area contributed by atoms with E-state index in [-0.39, 0.29) is 22.2 Å². The van der Waals surface area contributed by atoms with E-state index in [9.17, 15) is 21.4 Å². The van der Waals surface area contributed by atoms with Crippen molar-refractivity contribution in [1.29, 1.82) is 0 Å². The first-order valence-electron chi connectivity index (χ1n) is 11.4. The second kappa shape index (κ2) is 14.7. The standard InChI is InChI=1S/C25H20Cl2O8S3.C2H6/c1-3-23(35-19-7-11-21(12-8-19)37(28,29)30)25(38(31,32)33)14-16(2)34-18-5-9-20(10-6-18)36-24-15-17(26)4-13-22(24)27;1-2/h3-15H,1H2,2H3,(H,28,29,30)(H,31,32,33);1-2H3/b16-14+,25-23-;. The van der Waals surface area contributed by atoms with Gasteiger partial charge in [-0.1, -0.05) is 55.4 Å². The summed E-state index contributed by atoms with van der Waals surface area (Å²) in [5, 5.41) is 1.11. The van der Waals surface area contributed by atoms with E-state index in [0.717, 1.165) is 34.1 Å². The summed E-state index contributed by atoms with van der Waals surface area (Å²) in [6.45, 7) is 8.98. The fraction of sp³-hybridized carbons (Fsp3) is 0.111. The Hall–Kier alpha value is -2.77. The summed E-state index contributed by atoms with van der Waals surface area (Å²) in [4.78, 5) is 0.597. The van der Waals surface area contributed by atoms with Crippen molar-refractivity contribution in [2.75, 3.05) is 0 Å². The van der Waals surface area contributed by atoms with E-state index in [2.05, 4.69) is 6.58 Å². The van der Waals surface area contributed by atoms with Crippen LogP contribution in [0.1, 0.15) is 20.8 Å². The van der Waals surface area contributed by atoms with Gasteiger partial charge in [-0.3, -0.25) is 9.11 Å². The van der Waals surface area contributed by atoms with Crippen molar-refractivity contribution in [3.8, 4) is 11.5 Å². The van der Waals surface area contributed by atoms with E-state index < -0.39 is 25.1 Å². The van der Waals surface area contributed by atoms with E-state index in [1.54, 1.807) is 42.5 Å². The molecule has 40 heavy (non-hydrogen) atoms. The fourth-order valence-corrected chi connectivity index (χ4v) is 5.45. The highest BCUT2D eigenvalue weighted by Gasteiger charge is 2.20. The van der Waals surface area contributed by atoms with Crippen LogP contribution in [-0.2, 0) is 20.2 Å². The highest BCUT2D eigenvalue weighted by atomic mass is 35.5. The quantitative estimate of drug-likeness (QED) is 0.128. The van der Waals surface area contributed by atoms with E-state index >= 15 is 0 Å². The predicted octanol–water partition coefficient (Wildman–Crippen LogP) is 8.06. The van der Waals surface area contributed by atoms with Crippen molar-refractivity contribution in [3.05, 3.63) is 112 Å². The molecule has 2 N–H and O–H groups in total. The van der Waals surface area contributed by atoms with Crippen molar-refractivity contribution < 1.29 is 35.4 Å². The molecule has 0 fully saturated rings. The average molecular weight is 646 g/mol. The molecular formula is C27H26Cl2O8S3. The molecular weight excluding hydrogens is 619 g/mol. The van der Waals surface area contributed by atoms with Gasteiger partial charge in [0.2, 0.25) is 0 Å². The van der Waals surface area contributed by atoms with Gasteiger partial charge in [0.15, 0.2) is 0 Å². The first-order chi connectivity index (χ1) is 18.8. The van der Waals surface area contributed by atoms with Gasteiger partial charge >= 0.3 is 0 Å². The Morgan fingerprint density at radius 1 is 0.875 bits per heavy atom. The van der Waals surface area contributed by atoms with Crippen LogP contribution in [0.3, 0.4) is 0 Å². The first-order valence-corrected chi connectivity index (χ1v) is 15.9. The highest BCUT2D eigenvalue weighted by Crippen LogP contribution is 2.36. The minimum Gasteiger partial charge on any atom is -0.462 e. The number of benzene rings is 3. The Balaban J connectivity index is 0.00000274. The average Bonchev–Trinajstić information content (AvgIpc) is 2.89. The molecule has 0 saturated carbocycles. The Morgan fingerprint density at radius 3 is 1.95 bits per heavy atom. The Morgan fingerprint density at radius 2 is 1.43 bits per heavy atom. The van der Waals surface area contributed by atoms with Crippen LogP contribution in [0.25, 0.3) is 0 Å². The molecule has 3 aromatic carbocycles. The maximum absolute atomic E-state index is 12.1. The second-order valence-corrected chi connectivity index (χ2v) is 12.2. The molecule has 0 unspecified atom stereocenters. The summed E-state index contributed by atoms with van der Waals surface area (Å²) in [5.74, 6) is 0.158. The van der Waals surface area contributed by atoms with Crippen molar-refractivity contribution in [2.45, 2.75) is 35.5 Å². The van der Waals surface area contributed by atoms with Crippen molar-refractivity contribution in [1.82, 2.24) is 0 Å². The molecule has 214 valence electrons. The monoisotopic (exact) mass is 644 g/mol. The maximum Gasteiger partial charge on any atom is 0.298 e. The summed E-state index contributed by atoms with van der Waals surface area (Å²) in [5.41, 5.74) is 0. The number of hydrogen-bond donors (Lipinski definition) is 2. The molecule has 0 atom stereocenters. The van der Waals surface area contributed by atoms with Crippen LogP contribution in [0, 0.1) is 0 Å². The number of ether oxygens (including phenoxy) is 2. The number of rotatable bonds is 10. The SMILES string of the molecule is C=C/C(Oc1ccc(S(=O)(=O)O)cc1)=C(\C=C(/C)Oc1ccc(Sc2cc(Cl)ccc2Cl)cc1)S(=O)(=O)O.CC. The zero-order chi connectivity index (χ0) is 30.1. The van der Waals surface area contributed by atoms with Gasteiger partial charge in [-0.05, 0) is 79.7 Å². The summed E-state index contributed by atoms with van der Waals surface area (Å²) in [6, 6.07) is 16.5. The fourth-order valence-electron chi connectivity index (χ4n) is 2.93. The summed E-state index contributed by atoms with van der Waals surface area (Å²) in [6.07, 6.45) is 2.10. The minimum atomic E-state index is -4.80. The van der Waals surface area contributed by atoms with Crippen LogP contribution in [0.5, 0.6) is 11.5 Å². The lowest BCUT2D eigenvalue weighted by Gasteiger charge is -2.12. The van der Waals surface area contributed by atoms with Crippen LogP contribution in [0.15, 0.2) is 117 Å². The molecule has 0 aromatic heterocycles. The zero-order valence-electron chi connectivity index (χ0n) is 21.5. The molecule has 0 aliphatic heterocycles. The summed E-state index contributed by atoms with van der Waals surface area (Å²) < 4.78 is 76.7. The van der Waals surface area contributed by atoms with Crippen LogP contribution in [0.4, 0.5) is 0 Å². The van der Waals surface area contributed by atoms with Gasteiger partial charge < -0.3 is 9.47 Å². The van der Waals surface area contributed by atoms with E-state index in [4.69, 9.17) is 37.2 Å². The lowest BCUT2D eigenvalue weighted by atomic mass is 10.3. The number of hydrogen-bond acceptors (Lipinski definition) is 7. The van der Waals surface area contributed by atoms with Gasteiger partial charge in [0.05, 0.1) is 9.92 Å². The zero-order valence-corrected chi connectivity index (χ0v) is 25.5. The van der Waals surface area contributed by atoms with Crippen LogP contribution < -0.4 is 9.47 Å². The largest absolute Gasteiger partial charge is 0.462 e. The molecule has 8 nitrogen and oxygen atoms in total. The molecule has 0 heterocycles. The van der Waals surface area contributed by atoms with E-state index in [0.29, 0.717) is 15.8 Å². The molecule has 0 bridgehead atoms. The smallest absolute Gasteiger partial charge is 0.298 e. The molecule has 0 aliphatic carbocycles.